The fraction of sp³-hybridized carbons (Fsp3) is 0.0769. The van der Waals surface area contributed by atoms with Crippen molar-refractivity contribution in [3.05, 3.63) is 50.8 Å². The quantitative estimate of drug-likeness (QED) is 0.715. The summed E-state index contributed by atoms with van der Waals surface area (Å²) in [5.74, 6) is 0.939. The second-order valence-electron chi connectivity index (χ2n) is 3.97. The summed E-state index contributed by atoms with van der Waals surface area (Å²) in [6, 6.07) is 9.58. The summed E-state index contributed by atoms with van der Waals surface area (Å²) in [4.78, 5) is 5.23. The van der Waals surface area contributed by atoms with Gasteiger partial charge in [-0.2, -0.15) is 4.98 Å². The van der Waals surface area contributed by atoms with Crippen LogP contribution in [0.4, 0.5) is 5.95 Å². The van der Waals surface area contributed by atoms with Crippen LogP contribution in [0.5, 0.6) is 0 Å². The second kappa shape index (κ2) is 5.95. The van der Waals surface area contributed by atoms with Gasteiger partial charge in [0, 0.05) is 16.0 Å². The Bertz CT molecular complexity index is 728. The third-order valence-electron chi connectivity index (χ3n) is 2.63. The molecule has 1 N–H and O–H groups in total. The second-order valence-corrected chi connectivity index (χ2v) is 6.14. The van der Waals surface area contributed by atoms with E-state index in [1.54, 1.807) is 11.3 Å². The maximum atomic E-state index is 6.09. The molecule has 3 aromatic rings. The monoisotopic (exact) mass is 369 g/mol. The number of thiophene rings is 1. The van der Waals surface area contributed by atoms with Crippen LogP contribution in [0, 0.1) is 0 Å². The van der Waals surface area contributed by atoms with E-state index in [9.17, 15) is 0 Å². The van der Waals surface area contributed by atoms with Crippen molar-refractivity contribution < 1.29 is 4.52 Å². The molecule has 1 aromatic carbocycles. The maximum absolute atomic E-state index is 6.09. The Balaban J connectivity index is 1.72. The molecule has 20 heavy (non-hydrogen) atoms. The molecule has 0 unspecified atom stereocenters. The van der Waals surface area contributed by atoms with Crippen molar-refractivity contribution in [1.82, 2.24) is 10.1 Å². The van der Waals surface area contributed by atoms with Crippen LogP contribution < -0.4 is 5.32 Å². The minimum absolute atomic E-state index is 0.445. The van der Waals surface area contributed by atoms with E-state index in [4.69, 9.17) is 16.1 Å². The molecule has 0 saturated carbocycles. The Labute approximate surface area is 132 Å². The Hall–Kier alpha value is -1.37. The minimum Gasteiger partial charge on any atom is -0.347 e. The Kier molecular flexibility index (Phi) is 4.05. The van der Waals surface area contributed by atoms with E-state index in [2.05, 4.69) is 31.4 Å². The van der Waals surface area contributed by atoms with Crippen LogP contribution in [0.3, 0.4) is 0 Å². The van der Waals surface area contributed by atoms with E-state index < -0.39 is 0 Å². The molecule has 0 spiro atoms. The summed E-state index contributed by atoms with van der Waals surface area (Å²) in [6.45, 7) is 0.546. The highest BCUT2D eigenvalue weighted by Gasteiger charge is 2.13. The number of anilines is 1. The van der Waals surface area contributed by atoms with Gasteiger partial charge in [0.2, 0.25) is 0 Å². The lowest BCUT2D eigenvalue weighted by Crippen LogP contribution is -2.01. The van der Waals surface area contributed by atoms with Crippen LogP contribution in [0.25, 0.3) is 10.8 Å². The predicted molar refractivity (Wildman–Crippen MR) is 84.1 cm³/mol. The number of aromatic nitrogens is 2. The first kappa shape index (κ1) is 13.6. The third kappa shape index (κ3) is 2.87. The highest BCUT2D eigenvalue weighted by Crippen LogP contribution is 2.32. The molecule has 0 amide bonds. The number of hydrogen-bond acceptors (Lipinski definition) is 5. The lowest BCUT2D eigenvalue weighted by molar-refractivity contribution is 0.433. The van der Waals surface area contributed by atoms with Gasteiger partial charge in [0.1, 0.15) is 4.88 Å². The molecule has 0 aliphatic carbocycles. The van der Waals surface area contributed by atoms with E-state index in [0.29, 0.717) is 23.4 Å². The first-order valence-electron chi connectivity index (χ1n) is 5.78. The summed E-state index contributed by atoms with van der Waals surface area (Å²) >= 11 is 11.1. The van der Waals surface area contributed by atoms with Crippen LogP contribution >= 0.6 is 38.9 Å². The van der Waals surface area contributed by atoms with Crippen molar-refractivity contribution in [3.8, 4) is 10.8 Å². The highest BCUT2D eigenvalue weighted by molar-refractivity contribution is 9.10. The van der Waals surface area contributed by atoms with E-state index in [1.165, 1.54) is 0 Å². The molecule has 7 heteroatoms. The highest BCUT2D eigenvalue weighted by atomic mass is 79.9. The standard InChI is InChI=1S/C13H9BrClN3OS/c14-9-5-6-20-11(9)12-17-13(18-19-12)16-7-8-3-1-2-4-10(8)15/h1-6H,7H2,(H,16,18). The van der Waals surface area contributed by atoms with E-state index >= 15 is 0 Å². The smallest absolute Gasteiger partial charge is 0.270 e. The molecule has 0 fully saturated rings. The van der Waals surface area contributed by atoms with Crippen molar-refractivity contribution >= 4 is 44.8 Å². The number of rotatable bonds is 4. The van der Waals surface area contributed by atoms with Crippen LogP contribution in [-0.4, -0.2) is 10.1 Å². The van der Waals surface area contributed by atoms with Gasteiger partial charge in [-0.05, 0) is 44.2 Å². The zero-order valence-corrected chi connectivity index (χ0v) is 13.3. The van der Waals surface area contributed by atoms with Gasteiger partial charge < -0.3 is 9.84 Å². The maximum Gasteiger partial charge on any atom is 0.270 e. The Morgan fingerprint density at radius 3 is 2.90 bits per heavy atom. The Morgan fingerprint density at radius 1 is 1.30 bits per heavy atom. The lowest BCUT2D eigenvalue weighted by atomic mass is 10.2. The Morgan fingerprint density at radius 2 is 2.15 bits per heavy atom. The van der Waals surface area contributed by atoms with Crippen molar-refractivity contribution in [2.24, 2.45) is 0 Å². The van der Waals surface area contributed by atoms with Crippen molar-refractivity contribution in [2.45, 2.75) is 6.54 Å². The fourth-order valence-electron chi connectivity index (χ4n) is 1.65. The number of nitrogens with one attached hydrogen (secondary N) is 1. The summed E-state index contributed by atoms with van der Waals surface area (Å²) < 4.78 is 6.18. The van der Waals surface area contributed by atoms with Crippen LogP contribution in [-0.2, 0) is 6.54 Å². The molecule has 3 rings (SSSR count). The first-order valence-corrected chi connectivity index (χ1v) is 7.83. The molecule has 0 radical (unpaired) electrons. The summed E-state index contributed by atoms with van der Waals surface area (Å²) in [5, 5.41) is 9.67. The van der Waals surface area contributed by atoms with Gasteiger partial charge in [-0.3, -0.25) is 0 Å². The molecular formula is C13H9BrClN3OS. The molecule has 4 nitrogen and oxygen atoms in total. The summed E-state index contributed by atoms with van der Waals surface area (Å²) in [6.07, 6.45) is 0. The summed E-state index contributed by atoms with van der Waals surface area (Å²) in [7, 11) is 0. The molecule has 102 valence electrons. The molecule has 0 bridgehead atoms. The zero-order chi connectivity index (χ0) is 13.9. The van der Waals surface area contributed by atoms with Gasteiger partial charge >= 0.3 is 0 Å². The van der Waals surface area contributed by atoms with Crippen molar-refractivity contribution in [1.29, 1.82) is 0 Å². The largest absolute Gasteiger partial charge is 0.347 e. The van der Waals surface area contributed by atoms with Gasteiger partial charge in [0.25, 0.3) is 11.8 Å². The van der Waals surface area contributed by atoms with Crippen LogP contribution in [0.15, 0.2) is 44.7 Å². The van der Waals surface area contributed by atoms with Crippen molar-refractivity contribution in [3.63, 3.8) is 0 Å². The van der Waals surface area contributed by atoms with E-state index in [0.717, 1.165) is 14.9 Å². The molecule has 0 atom stereocenters. The lowest BCUT2D eigenvalue weighted by Gasteiger charge is -2.03. The molecule has 0 aliphatic rings. The topological polar surface area (TPSA) is 51.0 Å². The fourth-order valence-corrected chi connectivity index (χ4v) is 3.31. The molecule has 2 heterocycles. The molecule has 0 aliphatic heterocycles. The van der Waals surface area contributed by atoms with Crippen LogP contribution in [0.2, 0.25) is 5.02 Å². The molecular weight excluding hydrogens is 362 g/mol. The number of hydrogen-bond donors (Lipinski definition) is 1. The van der Waals surface area contributed by atoms with Gasteiger partial charge in [-0.1, -0.05) is 29.8 Å². The molecule has 0 saturated heterocycles. The first-order chi connectivity index (χ1) is 9.74. The average Bonchev–Trinajstić information content (AvgIpc) is 3.06. The minimum atomic E-state index is 0.445. The molecule has 2 aromatic heterocycles. The zero-order valence-electron chi connectivity index (χ0n) is 10.1. The van der Waals surface area contributed by atoms with Crippen molar-refractivity contribution in [2.75, 3.05) is 5.32 Å². The third-order valence-corrected chi connectivity index (χ3v) is 4.83. The normalized spacial score (nSPS) is 10.7. The van der Waals surface area contributed by atoms with Crippen LogP contribution in [0.1, 0.15) is 5.56 Å². The van der Waals surface area contributed by atoms with Gasteiger partial charge in [-0.15, -0.1) is 11.3 Å². The van der Waals surface area contributed by atoms with Gasteiger partial charge in [0.15, 0.2) is 0 Å². The average molecular weight is 371 g/mol. The SMILES string of the molecule is Clc1ccccc1CNc1noc(-c2sccc2Br)n1. The number of benzene rings is 1. The summed E-state index contributed by atoms with van der Waals surface area (Å²) in [5.41, 5.74) is 0.984. The predicted octanol–water partition coefficient (Wildman–Crippen LogP) is 4.83. The van der Waals surface area contributed by atoms with E-state index in [1.807, 2.05) is 35.7 Å². The number of nitrogens with zero attached hydrogens (tertiary/aromatic N) is 2. The van der Waals surface area contributed by atoms with Gasteiger partial charge in [0.05, 0.1) is 0 Å². The van der Waals surface area contributed by atoms with Gasteiger partial charge in [-0.25, -0.2) is 0 Å². The van der Waals surface area contributed by atoms with E-state index in [-0.39, 0.29) is 0 Å². The number of halogens is 2.